The van der Waals surface area contributed by atoms with Gasteiger partial charge in [-0.05, 0) is 25.2 Å². The smallest absolute Gasteiger partial charge is 0.169 e. The van der Waals surface area contributed by atoms with Gasteiger partial charge < -0.3 is 16.8 Å². The normalized spacial score (nSPS) is 23.3. The molecule has 1 saturated carbocycles. The molecule has 3 nitrogen and oxygen atoms in total. The van der Waals surface area contributed by atoms with E-state index in [2.05, 4.69) is 11.6 Å². The highest BCUT2D eigenvalue weighted by atomic mass is 35.5. The molecule has 0 aromatic heterocycles. The van der Waals surface area contributed by atoms with E-state index in [1.807, 2.05) is 0 Å². The van der Waals surface area contributed by atoms with Crippen molar-refractivity contribution < 1.29 is 4.39 Å². The molecule has 1 fully saturated rings. The van der Waals surface area contributed by atoms with Crippen LogP contribution in [0.5, 0.6) is 0 Å². The van der Waals surface area contributed by atoms with Crippen LogP contribution in [0.15, 0.2) is 6.07 Å². The molecule has 2 atom stereocenters. The Morgan fingerprint density at radius 1 is 1.39 bits per heavy atom. The number of hydrogen-bond donors (Lipinski definition) is 3. The summed E-state index contributed by atoms with van der Waals surface area (Å²) < 4.78 is 14.0. The Morgan fingerprint density at radius 3 is 2.78 bits per heavy atom. The molecule has 0 radical (unpaired) electrons. The lowest BCUT2D eigenvalue weighted by Crippen LogP contribution is -2.27. The molecule has 1 aromatic carbocycles. The molecule has 0 spiro atoms. The first kappa shape index (κ1) is 13.6. The molecular formula is C12H17ClFN3S. The summed E-state index contributed by atoms with van der Waals surface area (Å²) in [5.74, 6) is -0.555. The summed E-state index contributed by atoms with van der Waals surface area (Å²) in [5, 5.41) is 3.61. The van der Waals surface area contributed by atoms with Crippen LogP contribution < -0.4 is 16.8 Å². The molecule has 100 valence electrons. The largest absolute Gasteiger partial charge is 0.397 e. The summed E-state index contributed by atoms with van der Waals surface area (Å²) in [5.41, 5.74) is 12.1. The number of rotatable bonds is 3. The lowest BCUT2D eigenvalue weighted by molar-refractivity contribution is 0.626. The maximum Gasteiger partial charge on any atom is 0.169 e. The van der Waals surface area contributed by atoms with Crippen LogP contribution in [0, 0.1) is 5.82 Å². The minimum absolute atomic E-state index is 0.0644. The average Bonchev–Trinajstić information content (AvgIpc) is 2.79. The van der Waals surface area contributed by atoms with Gasteiger partial charge in [0.25, 0.3) is 0 Å². The molecule has 0 aliphatic heterocycles. The molecule has 0 saturated heterocycles. The maximum absolute atomic E-state index is 14.0. The van der Waals surface area contributed by atoms with Gasteiger partial charge in [0, 0.05) is 11.3 Å². The zero-order valence-corrected chi connectivity index (χ0v) is 11.7. The number of hydrogen-bond acceptors (Lipinski definition) is 4. The molecule has 0 amide bonds. The van der Waals surface area contributed by atoms with Crippen LogP contribution in [0.4, 0.5) is 21.5 Å². The third kappa shape index (κ3) is 2.47. The van der Waals surface area contributed by atoms with E-state index < -0.39 is 5.82 Å². The highest BCUT2D eigenvalue weighted by molar-refractivity contribution is 7.99. The lowest BCUT2D eigenvalue weighted by Gasteiger charge is -2.22. The first-order valence-corrected chi connectivity index (χ1v) is 7.53. The summed E-state index contributed by atoms with van der Waals surface area (Å²) in [7, 11) is 0. The minimum atomic E-state index is -0.555. The van der Waals surface area contributed by atoms with Crippen LogP contribution in [-0.4, -0.2) is 17.5 Å². The van der Waals surface area contributed by atoms with Crippen LogP contribution in [-0.2, 0) is 0 Å². The summed E-state index contributed by atoms with van der Waals surface area (Å²) >= 11 is 7.61. The van der Waals surface area contributed by atoms with Gasteiger partial charge in [0.05, 0.1) is 17.1 Å². The zero-order chi connectivity index (χ0) is 13.3. The highest BCUT2D eigenvalue weighted by Crippen LogP contribution is 2.37. The third-order valence-corrected chi connectivity index (χ3v) is 4.90. The summed E-state index contributed by atoms with van der Waals surface area (Å²) in [6.45, 7) is 0. The van der Waals surface area contributed by atoms with Crippen molar-refractivity contribution in [3.63, 3.8) is 0 Å². The number of anilines is 3. The van der Waals surface area contributed by atoms with E-state index in [-0.39, 0.29) is 22.4 Å². The van der Waals surface area contributed by atoms with Crippen LogP contribution in [0.25, 0.3) is 0 Å². The van der Waals surface area contributed by atoms with Gasteiger partial charge in [-0.2, -0.15) is 11.8 Å². The van der Waals surface area contributed by atoms with Crippen molar-refractivity contribution in [2.24, 2.45) is 0 Å². The van der Waals surface area contributed by atoms with Gasteiger partial charge in [-0.3, -0.25) is 0 Å². The fraction of sp³-hybridized carbons (Fsp3) is 0.500. The number of benzene rings is 1. The van der Waals surface area contributed by atoms with Gasteiger partial charge in [-0.15, -0.1) is 0 Å². The monoisotopic (exact) mass is 289 g/mol. The van der Waals surface area contributed by atoms with E-state index in [0.717, 1.165) is 19.3 Å². The molecular weight excluding hydrogens is 273 g/mol. The van der Waals surface area contributed by atoms with Crippen LogP contribution in [0.3, 0.4) is 0 Å². The van der Waals surface area contributed by atoms with Crippen LogP contribution in [0.1, 0.15) is 19.3 Å². The third-order valence-electron chi connectivity index (χ3n) is 3.35. The lowest BCUT2D eigenvalue weighted by atomic mass is 10.2. The van der Waals surface area contributed by atoms with Gasteiger partial charge in [0.1, 0.15) is 5.02 Å². The number of nitrogen functional groups attached to an aromatic ring is 2. The average molecular weight is 290 g/mol. The van der Waals surface area contributed by atoms with E-state index in [1.165, 1.54) is 6.07 Å². The molecule has 2 unspecified atom stereocenters. The molecule has 18 heavy (non-hydrogen) atoms. The molecule has 5 N–H and O–H groups in total. The quantitative estimate of drug-likeness (QED) is 0.747. The molecule has 6 heteroatoms. The van der Waals surface area contributed by atoms with Crippen molar-refractivity contribution in [3.05, 3.63) is 16.9 Å². The topological polar surface area (TPSA) is 64.1 Å². The van der Waals surface area contributed by atoms with E-state index in [9.17, 15) is 4.39 Å². The minimum Gasteiger partial charge on any atom is -0.397 e. The molecule has 1 aliphatic carbocycles. The Morgan fingerprint density at radius 2 is 2.11 bits per heavy atom. The molecule has 0 heterocycles. The van der Waals surface area contributed by atoms with Crippen molar-refractivity contribution in [2.75, 3.05) is 23.0 Å². The van der Waals surface area contributed by atoms with Crippen molar-refractivity contribution in [1.29, 1.82) is 0 Å². The number of thioether (sulfide) groups is 1. The molecule has 0 bridgehead atoms. The Labute approximate surface area is 115 Å². The molecule has 2 rings (SSSR count). The van der Waals surface area contributed by atoms with Crippen molar-refractivity contribution >= 4 is 40.4 Å². The van der Waals surface area contributed by atoms with E-state index in [0.29, 0.717) is 10.9 Å². The number of nitrogens with one attached hydrogen (secondary N) is 1. The fourth-order valence-corrected chi connectivity index (χ4v) is 3.46. The Kier molecular flexibility index (Phi) is 4.12. The predicted octanol–water partition coefficient (Wildman–Crippen LogP) is 3.34. The van der Waals surface area contributed by atoms with Gasteiger partial charge in [0.2, 0.25) is 0 Å². The zero-order valence-electron chi connectivity index (χ0n) is 10.2. The van der Waals surface area contributed by atoms with Crippen molar-refractivity contribution in [2.45, 2.75) is 30.6 Å². The predicted molar refractivity (Wildman–Crippen MR) is 78.8 cm³/mol. The molecule has 1 aliphatic rings. The second-order valence-corrected chi connectivity index (χ2v) is 5.97. The van der Waals surface area contributed by atoms with Gasteiger partial charge >= 0.3 is 0 Å². The maximum atomic E-state index is 14.0. The number of nitrogens with two attached hydrogens (primary N) is 2. The van der Waals surface area contributed by atoms with E-state index in [4.69, 9.17) is 23.1 Å². The molecule has 1 aromatic rings. The standard InChI is InChI=1S/C12H17ClFN3S/c1-18-9-4-2-3-8(9)17-12-7(16)5-6(15)10(13)11(12)14/h5,8-9,17H,2-4,15-16H2,1H3. The van der Waals surface area contributed by atoms with Gasteiger partial charge in [-0.25, -0.2) is 4.39 Å². The SMILES string of the molecule is CSC1CCCC1Nc1c(N)cc(N)c(Cl)c1F. The van der Waals surface area contributed by atoms with E-state index in [1.54, 1.807) is 11.8 Å². The Balaban J connectivity index is 2.26. The summed E-state index contributed by atoms with van der Waals surface area (Å²) in [6, 6.07) is 1.73. The fourth-order valence-electron chi connectivity index (χ4n) is 2.37. The second kappa shape index (κ2) is 5.45. The number of halogens is 2. The van der Waals surface area contributed by atoms with Crippen LogP contribution in [0.2, 0.25) is 5.02 Å². The first-order valence-electron chi connectivity index (χ1n) is 5.87. The van der Waals surface area contributed by atoms with Crippen molar-refractivity contribution in [3.8, 4) is 0 Å². The van der Waals surface area contributed by atoms with E-state index >= 15 is 0 Å². The van der Waals surface area contributed by atoms with Gasteiger partial charge in [-0.1, -0.05) is 18.0 Å². The first-order chi connectivity index (χ1) is 8.54. The van der Waals surface area contributed by atoms with Crippen LogP contribution >= 0.6 is 23.4 Å². The highest BCUT2D eigenvalue weighted by Gasteiger charge is 2.28. The second-order valence-electron chi connectivity index (χ2n) is 4.51. The Hall–Kier alpha value is -0.810. The Bertz CT molecular complexity index is 455. The van der Waals surface area contributed by atoms with Gasteiger partial charge in [0.15, 0.2) is 5.82 Å². The summed E-state index contributed by atoms with van der Waals surface area (Å²) in [6.07, 6.45) is 5.38. The van der Waals surface area contributed by atoms with Crippen molar-refractivity contribution in [1.82, 2.24) is 0 Å². The summed E-state index contributed by atoms with van der Waals surface area (Å²) in [4.78, 5) is 0.